The fourth-order valence-corrected chi connectivity index (χ4v) is 3.11. The van der Waals surface area contributed by atoms with Crippen LogP contribution in [0.25, 0.3) is 16.7 Å². The highest BCUT2D eigenvalue weighted by molar-refractivity contribution is 6.08. The molecule has 2 aromatic heterocycles. The minimum Gasteiger partial charge on any atom is -0.508 e. The van der Waals surface area contributed by atoms with Gasteiger partial charge >= 0.3 is 0 Å². The quantitative estimate of drug-likeness (QED) is 0.641. The van der Waals surface area contributed by atoms with Gasteiger partial charge < -0.3 is 21.1 Å². The molecule has 0 bridgehead atoms. The van der Waals surface area contributed by atoms with Crippen LogP contribution in [0.2, 0.25) is 0 Å². The maximum Gasteiger partial charge on any atom is 0.282 e. The number of hydrogen-bond donors (Lipinski definition) is 3. The van der Waals surface area contributed by atoms with Crippen LogP contribution in [0.15, 0.2) is 16.9 Å². The van der Waals surface area contributed by atoms with Gasteiger partial charge in [0.15, 0.2) is 0 Å². The van der Waals surface area contributed by atoms with Gasteiger partial charge in [0, 0.05) is 12.6 Å². The van der Waals surface area contributed by atoms with Crippen molar-refractivity contribution < 1.29 is 9.90 Å². The number of hydrogen-bond acceptors (Lipinski definition) is 5. The van der Waals surface area contributed by atoms with E-state index in [1.165, 1.54) is 10.6 Å². The molecule has 0 unspecified atom stereocenters. The lowest BCUT2D eigenvalue weighted by Crippen LogP contribution is -2.28. The summed E-state index contributed by atoms with van der Waals surface area (Å²) in [7, 11) is 1.68. The fourth-order valence-electron chi connectivity index (χ4n) is 3.11. The van der Waals surface area contributed by atoms with Gasteiger partial charge in [0.25, 0.3) is 11.5 Å². The number of nitrogens with zero attached hydrogens (tertiary/aromatic N) is 3. The number of aromatic nitrogens is 3. The van der Waals surface area contributed by atoms with Crippen molar-refractivity contribution in [3.05, 3.63) is 45.0 Å². The van der Waals surface area contributed by atoms with Crippen LogP contribution in [0, 0.1) is 20.8 Å². The molecule has 0 saturated carbocycles. The number of aromatic hydroxyl groups is 1. The number of phenolic OH excluding ortho intramolecular Hbond substituents is 1. The van der Waals surface area contributed by atoms with E-state index in [9.17, 15) is 14.7 Å². The zero-order valence-electron chi connectivity index (χ0n) is 14.4. The molecule has 3 aromatic rings. The zero-order chi connectivity index (χ0) is 18.6. The maximum atomic E-state index is 13.2. The fraction of sp³-hybridized carbons (Fsp3) is 0.235. The van der Waals surface area contributed by atoms with Crippen molar-refractivity contribution in [3.63, 3.8) is 0 Å². The van der Waals surface area contributed by atoms with E-state index in [2.05, 4.69) is 4.98 Å². The second kappa shape index (κ2) is 5.37. The standard InChI is InChI=1S/C17H19N5O3/c1-7-5-6-10(23)8(2)13(7)22-15(18)11(16(19)24)12-14(17(22)25)21(4)9(3)20-12/h5-6,23H,18H2,1-4H3,(H2,19,24). The molecule has 2 heterocycles. The van der Waals surface area contributed by atoms with Gasteiger partial charge in [-0.25, -0.2) is 4.98 Å². The average Bonchev–Trinajstić information content (AvgIpc) is 2.81. The minimum atomic E-state index is -0.773. The number of carbonyl (C=O) groups excluding carboxylic acids is 1. The summed E-state index contributed by atoms with van der Waals surface area (Å²) in [5.41, 5.74) is 13.2. The van der Waals surface area contributed by atoms with Crippen LogP contribution >= 0.6 is 0 Å². The van der Waals surface area contributed by atoms with Crippen molar-refractivity contribution in [1.29, 1.82) is 0 Å². The number of primary amides is 1. The van der Waals surface area contributed by atoms with Crippen LogP contribution in [0.3, 0.4) is 0 Å². The second-order valence-corrected chi connectivity index (χ2v) is 6.06. The van der Waals surface area contributed by atoms with Crippen molar-refractivity contribution in [3.8, 4) is 11.4 Å². The number of nitrogens with two attached hydrogens (primary N) is 2. The summed E-state index contributed by atoms with van der Waals surface area (Å²) in [4.78, 5) is 29.5. The van der Waals surface area contributed by atoms with Crippen LogP contribution in [0.1, 0.15) is 27.3 Å². The topological polar surface area (TPSA) is 129 Å². The summed E-state index contributed by atoms with van der Waals surface area (Å²) >= 11 is 0. The molecule has 0 fully saturated rings. The van der Waals surface area contributed by atoms with E-state index in [0.29, 0.717) is 17.1 Å². The van der Waals surface area contributed by atoms with E-state index in [1.807, 2.05) is 0 Å². The Morgan fingerprint density at radius 2 is 1.88 bits per heavy atom. The lowest BCUT2D eigenvalue weighted by Gasteiger charge is -2.18. The Bertz CT molecular complexity index is 1110. The van der Waals surface area contributed by atoms with Gasteiger partial charge in [0.05, 0.1) is 5.69 Å². The Balaban J connectivity index is 2.63. The molecular formula is C17H19N5O3. The molecule has 1 aromatic carbocycles. The molecule has 5 N–H and O–H groups in total. The first-order valence-corrected chi connectivity index (χ1v) is 7.63. The number of rotatable bonds is 2. The molecule has 0 saturated heterocycles. The Hall–Kier alpha value is -3.29. The monoisotopic (exact) mass is 341 g/mol. The van der Waals surface area contributed by atoms with E-state index < -0.39 is 11.5 Å². The van der Waals surface area contributed by atoms with Gasteiger partial charge in [-0.2, -0.15) is 0 Å². The van der Waals surface area contributed by atoms with Gasteiger partial charge in [-0.15, -0.1) is 0 Å². The Labute approximate surface area is 143 Å². The van der Waals surface area contributed by atoms with E-state index in [4.69, 9.17) is 11.5 Å². The van der Waals surface area contributed by atoms with Gasteiger partial charge in [0.2, 0.25) is 0 Å². The number of benzene rings is 1. The first-order valence-electron chi connectivity index (χ1n) is 7.63. The average molecular weight is 341 g/mol. The molecular weight excluding hydrogens is 322 g/mol. The molecule has 3 rings (SSSR count). The number of imidazole rings is 1. The zero-order valence-corrected chi connectivity index (χ0v) is 14.4. The van der Waals surface area contributed by atoms with E-state index >= 15 is 0 Å². The first kappa shape index (κ1) is 16.6. The molecule has 0 aliphatic carbocycles. The number of carbonyl (C=O) groups is 1. The van der Waals surface area contributed by atoms with Crippen LogP contribution in [-0.4, -0.2) is 25.1 Å². The van der Waals surface area contributed by atoms with Gasteiger partial charge in [-0.3, -0.25) is 14.2 Å². The number of amides is 1. The molecule has 0 aliphatic rings. The smallest absolute Gasteiger partial charge is 0.282 e. The highest BCUT2D eigenvalue weighted by atomic mass is 16.3. The van der Waals surface area contributed by atoms with Crippen molar-refractivity contribution in [1.82, 2.24) is 14.1 Å². The normalized spacial score (nSPS) is 11.2. The van der Waals surface area contributed by atoms with Crippen LogP contribution in [0.5, 0.6) is 5.75 Å². The largest absolute Gasteiger partial charge is 0.508 e. The lowest BCUT2D eigenvalue weighted by atomic mass is 10.1. The number of phenols is 1. The molecule has 0 atom stereocenters. The predicted octanol–water partition coefficient (Wildman–Crippen LogP) is 1.04. The van der Waals surface area contributed by atoms with Crippen LogP contribution < -0.4 is 17.0 Å². The SMILES string of the molecule is Cc1ccc(O)c(C)c1-n1c(N)c(C(N)=O)c2nc(C)n(C)c2c1=O. The summed E-state index contributed by atoms with van der Waals surface area (Å²) in [5.74, 6) is -0.297. The van der Waals surface area contributed by atoms with Crippen molar-refractivity contribution >= 4 is 22.8 Å². The lowest BCUT2D eigenvalue weighted by molar-refractivity contribution is 0.100. The van der Waals surface area contributed by atoms with Gasteiger partial charge in [0.1, 0.15) is 34.0 Å². The molecule has 0 aliphatic heterocycles. The van der Waals surface area contributed by atoms with E-state index in [0.717, 1.165) is 5.56 Å². The number of anilines is 1. The summed E-state index contributed by atoms with van der Waals surface area (Å²) in [5, 5.41) is 10.1. The molecule has 0 spiro atoms. The van der Waals surface area contributed by atoms with Crippen molar-refractivity contribution in [2.45, 2.75) is 20.8 Å². The molecule has 25 heavy (non-hydrogen) atoms. The van der Waals surface area contributed by atoms with Crippen molar-refractivity contribution in [2.24, 2.45) is 12.8 Å². The number of fused-ring (bicyclic) bond motifs is 1. The summed E-state index contributed by atoms with van der Waals surface area (Å²) in [6, 6.07) is 3.21. The van der Waals surface area contributed by atoms with E-state index in [-0.39, 0.29) is 28.2 Å². The molecule has 1 amide bonds. The number of pyridine rings is 1. The third-order valence-corrected chi connectivity index (χ3v) is 4.53. The van der Waals surface area contributed by atoms with E-state index in [1.54, 1.807) is 38.5 Å². The van der Waals surface area contributed by atoms with Gasteiger partial charge in [-0.1, -0.05) is 6.07 Å². The van der Waals surface area contributed by atoms with Crippen LogP contribution in [0.4, 0.5) is 5.82 Å². The Morgan fingerprint density at radius 1 is 1.24 bits per heavy atom. The maximum absolute atomic E-state index is 13.2. The summed E-state index contributed by atoms with van der Waals surface area (Å²) in [6.45, 7) is 5.18. The number of nitrogen functional groups attached to an aromatic ring is 1. The Morgan fingerprint density at radius 3 is 2.48 bits per heavy atom. The summed E-state index contributed by atoms with van der Waals surface area (Å²) < 4.78 is 2.81. The first-order chi connectivity index (χ1) is 11.7. The summed E-state index contributed by atoms with van der Waals surface area (Å²) in [6.07, 6.45) is 0. The minimum absolute atomic E-state index is 0.0135. The second-order valence-electron chi connectivity index (χ2n) is 6.06. The highest BCUT2D eigenvalue weighted by Crippen LogP contribution is 2.30. The Kier molecular flexibility index (Phi) is 3.56. The molecule has 8 heteroatoms. The number of aryl methyl sites for hydroxylation is 3. The van der Waals surface area contributed by atoms with Crippen molar-refractivity contribution in [2.75, 3.05) is 5.73 Å². The van der Waals surface area contributed by atoms with Gasteiger partial charge in [-0.05, 0) is 32.4 Å². The molecule has 0 radical (unpaired) electrons. The predicted molar refractivity (Wildman–Crippen MR) is 95.1 cm³/mol. The third kappa shape index (κ3) is 2.18. The van der Waals surface area contributed by atoms with Crippen LogP contribution in [-0.2, 0) is 7.05 Å². The highest BCUT2D eigenvalue weighted by Gasteiger charge is 2.25. The third-order valence-electron chi connectivity index (χ3n) is 4.53. The molecule has 8 nitrogen and oxygen atoms in total. The molecule has 130 valence electrons.